The molecule has 1 heterocycles. The zero-order valence-corrected chi connectivity index (χ0v) is 11.5. The molecule has 0 spiro atoms. The number of benzene rings is 1. The summed E-state index contributed by atoms with van der Waals surface area (Å²) in [4.78, 5) is 14.2. The van der Waals surface area contributed by atoms with Gasteiger partial charge in [-0.25, -0.2) is 4.98 Å². The molecule has 7 heteroatoms. The van der Waals surface area contributed by atoms with Gasteiger partial charge in [-0.1, -0.05) is 27.5 Å². The quantitative estimate of drug-likeness (QED) is 0.558. The van der Waals surface area contributed by atoms with Crippen LogP contribution in [0.1, 0.15) is 0 Å². The summed E-state index contributed by atoms with van der Waals surface area (Å²) in [6.07, 6.45) is 1.15. The summed E-state index contributed by atoms with van der Waals surface area (Å²) in [5.74, 6) is 0. The Hall–Kier alpha value is -0.720. The van der Waals surface area contributed by atoms with Gasteiger partial charge in [-0.15, -0.1) is 0 Å². The van der Waals surface area contributed by atoms with Crippen LogP contribution in [0.15, 0.2) is 27.3 Å². The number of aromatic nitrogens is 1. The lowest BCUT2D eigenvalue weighted by atomic mass is 10.2. The van der Waals surface area contributed by atoms with Gasteiger partial charge in [0.2, 0.25) is 0 Å². The molecule has 82 valence electrons. The van der Waals surface area contributed by atoms with E-state index in [1.54, 1.807) is 12.1 Å². The van der Waals surface area contributed by atoms with Crippen molar-refractivity contribution in [2.45, 2.75) is 0 Å². The largest absolute Gasteiger partial charge is 0.306 e. The average Bonchev–Trinajstić information content (AvgIpc) is 2.23. The van der Waals surface area contributed by atoms with E-state index in [4.69, 9.17) is 11.6 Å². The van der Waals surface area contributed by atoms with Crippen LogP contribution >= 0.6 is 43.5 Å². The fraction of sp³-hybridized carbons (Fsp3) is 0. The summed E-state index contributed by atoms with van der Waals surface area (Å²) in [7, 11) is 0. The van der Waals surface area contributed by atoms with E-state index in [0.29, 0.717) is 15.4 Å². The van der Waals surface area contributed by atoms with Crippen molar-refractivity contribution < 1.29 is 4.92 Å². The molecule has 4 nitrogen and oxygen atoms in total. The fourth-order valence-corrected chi connectivity index (χ4v) is 2.69. The summed E-state index contributed by atoms with van der Waals surface area (Å²) < 4.78 is 1.41. The Labute approximate surface area is 112 Å². The van der Waals surface area contributed by atoms with E-state index >= 15 is 0 Å². The highest BCUT2D eigenvalue weighted by Crippen LogP contribution is 2.38. The monoisotopic (exact) mass is 364 g/mol. The molecule has 0 atom stereocenters. The van der Waals surface area contributed by atoms with E-state index in [0.717, 1.165) is 10.7 Å². The maximum Gasteiger partial charge on any atom is 0.306 e. The van der Waals surface area contributed by atoms with Crippen molar-refractivity contribution in [1.82, 2.24) is 4.98 Å². The fourth-order valence-electron chi connectivity index (χ4n) is 1.31. The van der Waals surface area contributed by atoms with Crippen LogP contribution in [0.2, 0.25) is 5.02 Å². The summed E-state index contributed by atoms with van der Waals surface area (Å²) in [5.41, 5.74) is 0.387. The first-order valence-corrected chi connectivity index (χ1v) is 6.05. The van der Waals surface area contributed by atoms with Crippen molar-refractivity contribution in [2.24, 2.45) is 0 Å². The summed E-state index contributed by atoms with van der Waals surface area (Å²) in [6.45, 7) is 0. The first-order valence-electron chi connectivity index (χ1n) is 4.09. The van der Waals surface area contributed by atoms with Gasteiger partial charge in [-0.2, -0.15) is 0 Å². The van der Waals surface area contributed by atoms with Crippen molar-refractivity contribution in [3.05, 3.63) is 42.4 Å². The van der Waals surface area contributed by atoms with E-state index in [1.165, 1.54) is 0 Å². The Morgan fingerprint density at radius 3 is 2.56 bits per heavy atom. The molecular weight excluding hydrogens is 363 g/mol. The molecule has 0 aliphatic rings. The minimum Gasteiger partial charge on any atom is -0.258 e. The molecule has 16 heavy (non-hydrogen) atoms. The molecule has 1 aromatic carbocycles. The molecule has 0 saturated carbocycles. The molecule has 0 amide bonds. The molecule has 2 aromatic rings. The third-order valence-electron chi connectivity index (χ3n) is 2.03. The Kier molecular flexibility index (Phi) is 3.14. The van der Waals surface area contributed by atoms with Crippen molar-refractivity contribution in [1.29, 1.82) is 0 Å². The second-order valence-corrected chi connectivity index (χ2v) is 5.05. The zero-order chi connectivity index (χ0) is 11.9. The van der Waals surface area contributed by atoms with Crippen molar-refractivity contribution in [2.75, 3.05) is 0 Å². The highest BCUT2D eigenvalue weighted by molar-refractivity contribution is 9.11. The Morgan fingerprint density at radius 1 is 1.31 bits per heavy atom. The third-order valence-corrected chi connectivity index (χ3v) is 3.72. The van der Waals surface area contributed by atoms with E-state index in [-0.39, 0.29) is 10.7 Å². The number of halogens is 3. The van der Waals surface area contributed by atoms with Gasteiger partial charge in [0.05, 0.1) is 10.4 Å². The minimum atomic E-state index is -0.553. The Balaban J connectivity index is 2.94. The number of hydrogen-bond acceptors (Lipinski definition) is 3. The standard InChI is InChI=1S/C9H3Br2ClN2O2/c10-4-1-2-5(11)9-7(4)8(12)6(3-13-9)14(15)16/h1-3H. The average molecular weight is 366 g/mol. The lowest BCUT2D eigenvalue weighted by Gasteiger charge is -2.04. The van der Waals surface area contributed by atoms with E-state index in [2.05, 4.69) is 36.8 Å². The summed E-state index contributed by atoms with van der Waals surface area (Å²) in [5, 5.41) is 11.3. The molecule has 0 saturated heterocycles. The van der Waals surface area contributed by atoms with E-state index in [9.17, 15) is 10.1 Å². The number of hydrogen-bond donors (Lipinski definition) is 0. The molecule has 0 aliphatic heterocycles. The molecule has 1 aromatic heterocycles. The van der Waals surface area contributed by atoms with Crippen molar-refractivity contribution >= 4 is 60.1 Å². The van der Waals surface area contributed by atoms with E-state index < -0.39 is 4.92 Å². The number of nitrogens with zero attached hydrogens (tertiary/aromatic N) is 2. The van der Waals surface area contributed by atoms with Crippen LogP contribution in [0.25, 0.3) is 10.9 Å². The summed E-state index contributed by atoms with van der Waals surface area (Å²) in [6, 6.07) is 3.55. The topological polar surface area (TPSA) is 56.0 Å². The second kappa shape index (κ2) is 4.27. The van der Waals surface area contributed by atoms with E-state index in [1.807, 2.05) is 0 Å². The maximum absolute atomic E-state index is 10.7. The van der Waals surface area contributed by atoms with Crippen LogP contribution in [0.5, 0.6) is 0 Å². The molecule has 0 aliphatic carbocycles. The SMILES string of the molecule is O=[N+]([O-])c1cnc2c(Br)ccc(Br)c2c1Cl. The first-order chi connectivity index (χ1) is 7.52. The number of rotatable bonds is 1. The van der Waals surface area contributed by atoms with Gasteiger partial charge in [-0.05, 0) is 28.1 Å². The highest BCUT2D eigenvalue weighted by Gasteiger charge is 2.18. The third kappa shape index (κ3) is 1.81. The molecule has 0 bridgehead atoms. The van der Waals surface area contributed by atoms with Crippen LogP contribution in [0.3, 0.4) is 0 Å². The van der Waals surface area contributed by atoms with Crippen LogP contribution in [0, 0.1) is 10.1 Å². The van der Waals surface area contributed by atoms with Crippen LogP contribution in [-0.4, -0.2) is 9.91 Å². The molecule has 2 rings (SSSR count). The van der Waals surface area contributed by atoms with Crippen LogP contribution in [0.4, 0.5) is 5.69 Å². The lowest BCUT2D eigenvalue weighted by molar-refractivity contribution is -0.384. The number of pyridine rings is 1. The smallest absolute Gasteiger partial charge is 0.258 e. The summed E-state index contributed by atoms with van der Waals surface area (Å²) >= 11 is 12.6. The Bertz CT molecular complexity index is 604. The number of nitro groups is 1. The van der Waals surface area contributed by atoms with Gasteiger partial charge in [0.25, 0.3) is 0 Å². The van der Waals surface area contributed by atoms with Gasteiger partial charge in [-0.3, -0.25) is 10.1 Å². The van der Waals surface area contributed by atoms with Gasteiger partial charge in [0, 0.05) is 14.3 Å². The predicted molar refractivity (Wildman–Crippen MR) is 68.8 cm³/mol. The first kappa shape index (κ1) is 11.8. The van der Waals surface area contributed by atoms with Crippen LogP contribution in [-0.2, 0) is 0 Å². The van der Waals surface area contributed by atoms with Crippen LogP contribution < -0.4 is 0 Å². The van der Waals surface area contributed by atoms with Gasteiger partial charge >= 0.3 is 5.69 Å². The highest BCUT2D eigenvalue weighted by atomic mass is 79.9. The molecule has 0 fully saturated rings. The van der Waals surface area contributed by atoms with Gasteiger partial charge < -0.3 is 0 Å². The lowest BCUT2D eigenvalue weighted by Crippen LogP contribution is -1.92. The van der Waals surface area contributed by atoms with Gasteiger partial charge in [0.1, 0.15) is 11.2 Å². The molecule has 0 unspecified atom stereocenters. The second-order valence-electron chi connectivity index (χ2n) is 2.97. The van der Waals surface area contributed by atoms with Crippen molar-refractivity contribution in [3.63, 3.8) is 0 Å². The maximum atomic E-state index is 10.7. The Morgan fingerprint density at radius 2 is 1.94 bits per heavy atom. The molecular formula is C9H3Br2ClN2O2. The molecule has 0 radical (unpaired) electrons. The minimum absolute atomic E-state index is 0.0863. The predicted octanol–water partition coefficient (Wildman–Crippen LogP) is 4.32. The van der Waals surface area contributed by atoms with Crippen molar-refractivity contribution in [3.8, 4) is 0 Å². The number of fused-ring (bicyclic) bond motifs is 1. The normalized spacial score (nSPS) is 10.7. The van der Waals surface area contributed by atoms with Gasteiger partial charge in [0.15, 0.2) is 0 Å². The molecule has 0 N–H and O–H groups in total. The zero-order valence-electron chi connectivity index (χ0n) is 7.58.